The molecule has 1 aliphatic heterocycles. The number of carbonyl (C=O) groups excluding carboxylic acids is 2. The summed E-state index contributed by atoms with van der Waals surface area (Å²) >= 11 is 0. The standard InChI is InChI=1S/C25H24N2O3/c1-18-11-13-19(14-12-18)16-27-17-20(15-24(27)28)25(29)26-22-9-5-6-10-23(22)30-21-7-3-2-4-8-21/h2-14,20H,15-17H2,1H3,(H,26,29)/t20-/m1/s1. The molecule has 3 aromatic rings. The van der Waals surface area contributed by atoms with Crippen molar-refractivity contribution in [2.45, 2.75) is 19.9 Å². The first-order chi connectivity index (χ1) is 14.6. The average Bonchev–Trinajstić information content (AvgIpc) is 3.12. The van der Waals surface area contributed by atoms with Gasteiger partial charge in [-0.25, -0.2) is 0 Å². The van der Waals surface area contributed by atoms with Crippen LogP contribution in [0.15, 0.2) is 78.9 Å². The first kappa shape index (κ1) is 19.7. The summed E-state index contributed by atoms with van der Waals surface area (Å²) in [7, 11) is 0. The largest absolute Gasteiger partial charge is 0.455 e. The van der Waals surface area contributed by atoms with E-state index in [-0.39, 0.29) is 24.2 Å². The van der Waals surface area contributed by atoms with Gasteiger partial charge >= 0.3 is 0 Å². The maximum atomic E-state index is 12.9. The molecule has 1 atom stereocenters. The van der Waals surface area contributed by atoms with Crippen LogP contribution in [0.1, 0.15) is 17.5 Å². The second-order valence-electron chi connectivity index (χ2n) is 7.56. The fraction of sp³-hybridized carbons (Fsp3) is 0.200. The van der Waals surface area contributed by atoms with Gasteiger partial charge in [-0.05, 0) is 36.8 Å². The Morgan fingerprint density at radius 3 is 2.47 bits per heavy atom. The third kappa shape index (κ3) is 4.69. The number of hydrogen-bond acceptors (Lipinski definition) is 3. The molecule has 0 radical (unpaired) electrons. The lowest BCUT2D eigenvalue weighted by Gasteiger charge is -2.17. The molecule has 5 nitrogen and oxygen atoms in total. The molecule has 1 heterocycles. The number of hydrogen-bond donors (Lipinski definition) is 1. The van der Waals surface area contributed by atoms with Crippen molar-refractivity contribution in [3.05, 3.63) is 90.0 Å². The van der Waals surface area contributed by atoms with Crippen LogP contribution in [0.3, 0.4) is 0 Å². The fourth-order valence-electron chi connectivity index (χ4n) is 3.52. The van der Waals surface area contributed by atoms with Crippen LogP contribution in [0.2, 0.25) is 0 Å². The van der Waals surface area contributed by atoms with E-state index in [0.29, 0.717) is 30.3 Å². The molecule has 152 valence electrons. The third-order valence-corrected chi connectivity index (χ3v) is 5.20. The van der Waals surface area contributed by atoms with Gasteiger partial charge in [0.15, 0.2) is 5.75 Å². The van der Waals surface area contributed by atoms with Gasteiger partial charge in [0.25, 0.3) is 0 Å². The molecule has 0 unspecified atom stereocenters. The number of nitrogens with one attached hydrogen (secondary N) is 1. The summed E-state index contributed by atoms with van der Waals surface area (Å²) in [5, 5.41) is 2.94. The van der Waals surface area contributed by atoms with Gasteiger partial charge in [0.1, 0.15) is 5.75 Å². The molecule has 2 amide bonds. The van der Waals surface area contributed by atoms with Gasteiger partial charge in [-0.15, -0.1) is 0 Å². The minimum absolute atomic E-state index is 0.00421. The van der Waals surface area contributed by atoms with Gasteiger partial charge in [-0.1, -0.05) is 60.2 Å². The molecule has 1 fully saturated rings. The van der Waals surface area contributed by atoms with E-state index in [1.165, 1.54) is 5.56 Å². The number of aryl methyl sites for hydroxylation is 1. The topological polar surface area (TPSA) is 58.6 Å². The van der Waals surface area contributed by atoms with Crippen molar-refractivity contribution in [2.24, 2.45) is 5.92 Å². The Labute approximate surface area is 176 Å². The smallest absolute Gasteiger partial charge is 0.229 e. The van der Waals surface area contributed by atoms with E-state index in [0.717, 1.165) is 5.56 Å². The van der Waals surface area contributed by atoms with E-state index in [9.17, 15) is 9.59 Å². The van der Waals surface area contributed by atoms with Crippen molar-refractivity contribution in [1.29, 1.82) is 0 Å². The normalized spacial score (nSPS) is 15.8. The van der Waals surface area contributed by atoms with E-state index in [1.807, 2.05) is 79.7 Å². The summed E-state index contributed by atoms with van der Waals surface area (Å²) in [5.41, 5.74) is 2.84. The Morgan fingerprint density at radius 2 is 1.70 bits per heavy atom. The predicted molar refractivity (Wildman–Crippen MR) is 116 cm³/mol. The van der Waals surface area contributed by atoms with E-state index in [2.05, 4.69) is 5.32 Å². The second kappa shape index (κ2) is 8.82. The lowest BCUT2D eigenvalue weighted by atomic mass is 10.1. The number of ether oxygens (including phenoxy) is 1. The molecule has 0 saturated carbocycles. The van der Waals surface area contributed by atoms with Crippen LogP contribution in [0.25, 0.3) is 0 Å². The second-order valence-corrected chi connectivity index (χ2v) is 7.56. The molecule has 4 rings (SSSR count). The molecular weight excluding hydrogens is 376 g/mol. The van der Waals surface area contributed by atoms with Gasteiger partial charge in [-0.3, -0.25) is 9.59 Å². The summed E-state index contributed by atoms with van der Waals surface area (Å²) in [6.45, 7) is 2.97. The van der Waals surface area contributed by atoms with E-state index >= 15 is 0 Å². The fourth-order valence-corrected chi connectivity index (χ4v) is 3.52. The lowest BCUT2D eigenvalue weighted by molar-refractivity contribution is -0.128. The minimum Gasteiger partial charge on any atom is -0.455 e. The highest BCUT2D eigenvalue weighted by molar-refractivity contribution is 5.98. The van der Waals surface area contributed by atoms with Gasteiger partial charge in [0.2, 0.25) is 11.8 Å². The SMILES string of the molecule is Cc1ccc(CN2C[C@H](C(=O)Nc3ccccc3Oc3ccccc3)CC2=O)cc1. The zero-order valence-electron chi connectivity index (χ0n) is 16.9. The number of benzene rings is 3. The molecule has 3 aromatic carbocycles. The van der Waals surface area contributed by atoms with Crippen LogP contribution in [0.5, 0.6) is 11.5 Å². The molecule has 1 N–H and O–H groups in total. The van der Waals surface area contributed by atoms with Crippen LogP contribution in [-0.4, -0.2) is 23.3 Å². The Kier molecular flexibility index (Phi) is 5.80. The van der Waals surface area contributed by atoms with E-state index in [1.54, 1.807) is 11.0 Å². The maximum Gasteiger partial charge on any atom is 0.229 e. The maximum absolute atomic E-state index is 12.9. The lowest BCUT2D eigenvalue weighted by Crippen LogP contribution is -2.28. The van der Waals surface area contributed by atoms with Crippen molar-refractivity contribution in [3.63, 3.8) is 0 Å². The number of nitrogens with zero attached hydrogens (tertiary/aromatic N) is 1. The van der Waals surface area contributed by atoms with Crippen LogP contribution < -0.4 is 10.1 Å². The molecule has 0 aromatic heterocycles. The average molecular weight is 400 g/mol. The van der Waals surface area contributed by atoms with Crippen LogP contribution in [-0.2, 0) is 16.1 Å². The summed E-state index contributed by atoms with van der Waals surface area (Å²) in [5.74, 6) is 0.716. The van der Waals surface area contributed by atoms with Gasteiger partial charge < -0.3 is 15.0 Å². The Bertz CT molecular complexity index is 1030. The molecule has 1 aliphatic rings. The Hall–Kier alpha value is -3.60. The monoisotopic (exact) mass is 400 g/mol. The minimum atomic E-state index is -0.382. The first-order valence-electron chi connectivity index (χ1n) is 10.0. The molecule has 0 aliphatic carbocycles. The molecule has 0 spiro atoms. The molecular formula is C25H24N2O3. The number of likely N-dealkylation sites (tertiary alicyclic amines) is 1. The summed E-state index contributed by atoms with van der Waals surface area (Å²) < 4.78 is 5.91. The van der Waals surface area contributed by atoms with Crippen LogP contribution in [0, 0.1) is 12.8 Å². The number of rotatable bonds is 6. The Balaban J connectivity index is 1.41. The summed E-state index contributed by atoms with van der Waals surface area (Å²) in [6, 6.07) is 24.8. The van der Waals surface area contributed by atoms with Gasteiger partial charge in [0, 0.05) is 19.5 Å². The Morgan fingerprint density at radius 1 is 1.00 bits per heavy atom. The van der Waals surface area contributed by atoms with Gasteiger partial charge in [0.05, 0.1) is 11.6 Å². The number of amides is 2. The quantitative estimate of drug-likeness (QED) is 0.648. The molecule has 30 heavy (non-hydrogen) atoms. The first-order valence-corrected chi connectivity index (χ1v) is 10.0. The number of anilines is 1. The van der Waals surface area contributed by atoms with E-state index in [4.69, 9.17) is 4.74 Å². The highest BCUT2D eigenvalue weighted by atomic mass is 16.5. The van der Waals surface area contributed by atoms with Crippen molar-refractivity contribution in [3.8, 4) is 11.5 Å². The van der Waals surface area contributed by atoms with Crippen LogP contribution in [0.4, 0.5) is 5.69 Å². The molecule has 1 saturated heterocycles. The molecule has 0 bridgehead atoms. The van der Waals surface area contributed by atoms with Crippen molar-refractivity contribution in [1.82, 2.24) is 4.90 Å². The predicted octanol–water partition coefficient (Wildman–Crippen LogP) is 4.77. The van der Waals surface area contributed by atoms with Crippen molar-refractivity contribution >= 4 is 17.5 Å². The highest BCUT2D eigenvalue weighted by Gasteiger charge is 2.34. The summed E-state index contributed by atoms with van der Waals surface area (Å²) in [4.78, 5) is 27.1. The van der Waals surface area contributed by atoms with E-state index < -0.39 is 0 Å². The van der Waals surface area contributed by atoms with Crippen molar-refractivity contribution < 1.29 is 14.3 Å². The number of para-hydroxylation sites is 3. The number of carbonyl (C=O) groups is 2. The highest BCUT2D eigenvalue weighted by Crippen LogP contribution is 2.30. The zero-order chi connectivity index (χ0) is 20.9. The third-order valence-electron chi connectivity index (χ3n) is 5.20. The van der Waals surface area contributed by atoms with Crippen LogP contribution >= 0.6 is 0 Å². The summed E-state index contributed by atoms with van der Waals surface area (Å²) in [6.07, 6.45) is 0.222. The van der Waals surface area contributed by atoms with Gasteiger partial charge in [-0.2, -0.15) is 0 Å². The van der Waals surface area contributed by atoms with Crippen molar-refractivity contribution in [2.75, 3.05) is 11.9 Å². The molecule has 5 heteroatoms. The zero-order valence-corrected chi connectivity index (χ0v) is 16.9.